The first kappa shape index (κ1) is 22.0. The zero-order chi connectivity index (χ0) is 22.9. The first-order chi connectivity index (χ1) is 16.0. The number of carbonyl (C=O) groups is 1. The third kappa shape index (κ3) is 4.50. The van der Waals surface area contributed by atoms with Crippen LogP contribution in [0, 0.1) is 23.6 Å². The number of fused-ring (bicyclic) bond motifs is 1. The van der Waals surface area contributed by atoms with Crippen LogP contribution in [-0.4, -0.2) is 50.6 Å². The van der Waals surface area contributed by atoms with Crippen molar-refractivity contribution in [2.45, 2.75) is 44.6 Å². The third-order valence-electron chi connectivity index (χ3n) is 7.44. The summed E-state index contributed by atoms with van der Waals surface area (Å²) in [7, 11) is 4.14. The van der Waals surface area contributed by atoms with Gasteiger partial charge in [0.15, 0.2) is 0 Å². The van der Waals surface area contributed by atoms with Gasteiger partial charge >= 0.3 is 0 Å². The number of nitrogens with zero attached hydrogens (tertiary/aromatic N) is 3. The molecule has 0 unspecified atom stereocenters. The number of rotatable bonds is 3. The lowest BCUT2D eigenvalue weighted by atomic mass is 9.96. The van der Waals surface area contributed by atoms with Crippen LogP contribution >= 0.6 is 0 Å². The van der Waals surface area contributed by atoms with Crippen LogP contribution in [0.2, 0.25) is 0 Å². The van der Waals surface area contributed by atoms with E-state index in [9.17, 15) is 4.79 Å². The molecule has 1 amide bonds. The highest BCUT2D eigenvalue weighted by molar-refractivity contribution is 6.08. The van der Waals surface area contributed by atoms with Crippen LogP contribution in [0.15, 0.2) is 36.4 Å². The van der Waals surface area contributed by atoms with E-state index in [2.05, 4.69) is 41.8 Å². The maximum absolute atomic E-state index is 15.1. The molecule has 5 rings (SSSR count). The van der Waals surface area contributed by atoms with E-state index in [4.69, 9.17) is 0 Å². The van der Waals surface area contributed by atoms with Gasteiger partial charge in [-0.25, -0.2) is 4.39 Å². The largest absolute Gasteiger partial charge is 0.368 e. The molecule has 0 N–H and O–H groups in total. The average molecular weight is 446 g/mol. The predicted molar refractivity (Wildman–Crippen MR) is 131 cm³/mol. The van der Waals surface area contributed by atoms with Crippen molar-refractivity contribution in [2.24, 2.45) is 5.92 Å². The highest BCUT2D eigenvalue weighted by Gasteiger charge is 2.28. The molecule has 0 radical (unpaired) electrons. The van der Waals surface area contributed by atoms with Crippen molar-refractivity contribution in [3.63, 3.8) is 0 Å². The number of anilines is 2. The molecule has 0 spiro atoms. The fraction of sp³-hybridized carbons (Fsp3) is 0.464. The molecule has 1 saturated carbocycles. The summed E-state index contributed by atoms with van der Waals surface area (Å²) in [4.78, 5) is 19.2. The quantitative estimate of drug-likeness (QED) is 0.640. The summed E-state index contributed by atoms with van der Waals surface area (Å²) >= 11 is 0. The molecule has 1 aliphatic carbocycles. The SMILES string of the molecule is CN(C)[C@@H]1CCN(c2ccc(N3CCc4cc(C#CC5CCCC5)ccc4C3=O)cc2F)C1. The van der Waals surface area contributed by atoms with Gasteiger partial charge in [-0.2, -0.15) is 0 Å². The second-order valence-corrected chi connectivity index (χ2v) is 9.82. The number of hydrogen-bond donors (Lipinski definition) is 0. The Labute approximate surface area is 196 Å². The van der Waals surface area contributed by atoms with E-state index in [0.29, 0.717) is 35.4 Å². The molecule has 0 aromatic heterocycles. The second kappa shape index (κ2) is 9.19. The number of halogens is 1. The van der Waals surface area contributed by atoms with E-state index in [1.54, 1.807) is 4.90 Å². The van der Waals surface area contributed by atoms with Crippen molar-refractivity contribution < 1.29 is 9.18 Å². The molecule has 4 nitrogen and oxygen atoms in total. The fourth-order valence-electron chi connectivity index (χ4n) is 5.37. The first-order valence-electron chi connectivity index (χ1n) is 12.2. The minimum Gasteiger partial charge on any atom is -0.368 e. The van der Waals surface area contributed by atoms with E-state index in [-0.39, 0.29) is 11.7 Å². The summed E-state index contributed by atoms with van der Waals surface area (Å²) in [6.45, 7) is 2.23. The molecule has 1 saturated heterocycles. The van der Waals surface area contributed by atoms with Crippen LogP contribution in [0.3, 0.4) is 0 Å². The zero-order valence-electron chi connectivity index (χ0n) is 19.6. The highest BCUT2D eigenvalue weighted by Crippen LogP contribution is 2.31. The summed E-state index contributed by atoms with van der Waals surface area (Å²) in [5.41, 5.74) is 3.97. The highest BCUT2D eigenvalue weighted by atomic mass is 19.1. The molecule has 0 bridgehead atoms. The van der Waals surface area contributed by atoms with E-state index >= 15 is 4.39 Å². The van der Waals surface area contributed by atoms with Crippen LogP contribution in [0.4, 0.5) is 15.8 Å². The monoisotopic (exact) mass is 445 g/mol. The summed E-state index contributed by atoms with van der Waals surface area (Å²) in [6.07, 6.45) is 6.75. The lowest BCUT2D eigenvalue weighted by Crippen LogP contribution is -2.37. The van der Waals surface area contributed by atoms with Crippen LogP contribution in [0.1, 0.15) is 53.6 Å². The summed E-state index contributed by atoms with van der Waals surface area (Å²) in [6, 6.07) is 11.6. The van der Waals surface area contributed by atoms with Crippen LogP contribution in [-0.2, 0) is 6.42 Å². The van der Waals surface area contributed by atoms with Gasteiger partial charge in [0, 0.05) is 48.4 Å². The Morgan fingerprint density at radius 2 is 1.85 bits per heavy atom. The maximum Gasteiger partial charge on any atom is 0.258 e. The Morgan fingerprint density at radius 1 is 1.03 bits per heavy atom. The van der Waals surface area contributed by atoms with Crippen molar-refractivity contribution in [3.8, 4) is 11.8 Å². The number of amides is 1. The normalized spacial score (nSPS) is 20.8. The van der Waals surface area contributed by atoms with Crippen molar-refractivity contribution in [1.29, 1.82) is 0 Å². The van der Waals surface area contributed by atoms with Crippen molar-refractivity contribution in [3.05, 3.63) is 58.9 Å². The molecule has 2 aromatic carbocycles. The first-order valence-corrected chi connectivity index (χ1v) is 12.2. The average Bonchev–Trinajstić information content (AvgIpc) is 3.50. The summed E-state index contributed by atoms with van der Waals surface area (Å²) in [5, 5.41) is 0. The van der Waals surface area contributed by atoms with Gasteiger partial charge in [-0.3, -0.25) is 4.79 Å². The van der Waals surface area contributed by atoms with E-state index < -0.39 is 0 Å². The molecule has 2 heterocycles. The van der Waals surface area contributed by atoms with Gasteiger partial charge in [0.25, 0.3) is 5.91 Å². The van der Waals surface area contributed by atoms with Gasteiger partial charge in [0.1, 0.15) is 5.82 Å². The Bertz CT molecular complexity index is 1110. The van der Waals surface area contributed by atoms with Gasteiger partial charge in [0.05, 0.1) is 5.69 Å². The van der Waals surface area contributed by atoms with Crippen molar-refractivity contribution in [2.75, 3.05) is 43.5 Å². The van der Waals surface area contributed by atoms with Gasteiger partial charge in [-0.05, 0) is 81.7 Å². The molecule has 2 aliphatic heterocycles. The molecule has 172 valence electrons. The maximum atomic E-state index is 15.1. The smallest absolute Gasteiger partial charge is 0.258 e. The molecular formula is C28H32FN3O. The second-order valence-electron chi connectivity index (χ2n) is 9.82. The minimum absolute atomic E-state index is 0.0625. The third-order valence-corrected chi connectivity index (χ3v) is 7.44. The molecule has 33 heavy (non-hydrogen) atoms. The standard InChI is InChI=1S/C28H32FN3O/c1-30(2)24-14-15-31(19-24)27-12-10-23(18-26(27)29)32-16-13-22-17-21(9-11-25(22)28(32)33)8-7-20-5-3-4-6-20/h9-12,17-18,20,24H,3-6,13-16,19H2,1-2H3/t24-/m1/s1. The van der Waals surface area contributed by atoms with Crippen LogP contribution < -0.4 is 9.80 Å². The van der Waals surface area contributed by atoms with Crippen LogP contribution in [0.25, 0.3) is 0 Å². The number of carbonyl (C=O) groups excluding carboxylic acids is 1. The Kier molecular flexibility index (Phi) is 6.12. The van der Waals surface area contributed by atoms with Gasteiger partial charge in [-0.1, -0.05) is 24.7 Å². The van der Waals surface area contributed by atoms with Crippen LogP contribution in [0.5, 0.6) is 0 Å². The lowest BCUT2D eigenvalue weighted by Gasteiger charge is -2.29. The molecule has 5 heteroatoms. The number of benzene rings is 2. The lowest BCUT2D eigenvalue weighted by molar-refractivity contribution is 0.0980. The van der Waals surface area contributed by atoms with Crippen molar-refractivity contribution in [1.82, 2.24) is 4.90 Å². The Hall–Kier alpha value is -2.84. The van der Waals surface area contributed by atoms with Gasteiger partial charge in [0.2, 0.25) is 0 Å². The molecule has 3 aliphatic rings. The Balaban J connectivity index is 1.31. The van der Waals surface area contributed by atoms with E-state index in [1.807, 2.05) is 24.3 Å². The van der Waals surface area contributed by atoms with E-state index in [1.165, 1.54) is 31.7 Å². The zero-order valence-corrected chi connectivity index (χ0v) is 19.6. The molecular weight excluding hydrogens is 413 g/mol. The predicted octanol–water partition coefficient (Wildman–Crippen LogP) is 4.71. The number of likely N-dealkylation sites (N-methyl/N-ethyl adjacent to an activating group) is 1. The topological polar surface area (TPSA) is 26.8 Å². The fourth-order valence-corrected chi connectivity index (χ4v) is 5.37. The number of hydrogen-bond acceptors (Lipinski definition) is 3. The van der Waals surface area contributed by atoms with E-state index in [0.717, 1.165) is 37.1 Å². The van der Waals surface area contributed by atoms with Gasteiger partial charge in [-0.15, -0.1) is 0 Å². The molecule has 2 fully saturated rings. The molecule has 2 aromatic rings. The summed E-state index contributed by atoms with van der Waals surface area (Å²) < 4.78 is 15.1. The van der Waals surface area contributed by atoms with Crippen molar-refractivity contribution >= 4 is 17.3 Å². The van der Waals surface area contributed by atoms with Gasteiger partial charge < -0.3 is 14.7 Å². The Morgan fingerprint density at radius 3 is 2.58 bits per heavy atom. The molecule has 1 atom stereocenters. The minimum atomic E-state index is -0.261. The summed E-state index contributed by atoms with van der Waals surface area (Å²) in [5.74, 6) is 6.91.